The summed E-state index contributed by atoms with van der Waals surface area (Å²) in [4.78, 5) is 0. The third kappa shape index (κ3) is 3.45. The van der Waals surface area contributed by atoms with Crippen molar-refractivity contribution >= 4 is 0 Å². The molecule has 1 aromatic rings. The fraction of sp³-hybridized carbons (Fsp3) is 0.385. The van der Waals surface area contributed by atoms with E-state index in [0.29, 0.717) is 0 Å². The van der Waals surface area contributed by atoms with Crippen molar-refractivity contribution < 1.29 is 0 Å². The highest BCUT2D eigenvalue weighted by atomic mass is 14.0. The molecule has 0 aromatic heterocycles. The molecule has 0 bridgehead atoms. The Balaban J connectivity index is 2.62. The number of hydrogen-bond donors (Lipinski definition) is 0. The van der Waals surface area contributed by atoms with E-state index < -0.39 is 0 Å². The Kier molecular flexibility index (Phi) is 4.31. The molecular weight excluding hydrogens is 156 g/mol. The zero-order valence-electron chi connectivity index (χ0n) is 8.59. The molecule has 0 saturated heterocycles. The molecule has 0 nitrogen and oxygen atoms in total. The van der Waals surface area contributed by atoms with Crippen molar-refractivity contribution in [3.63, 3.8) is 0 Å². The van der Waals surface area contributed by atoms with Crippen molar-refractivity contribution in [3.8, 4) is 0 Å². The van der Waals surface area contributed by atoms with Crippen LogP contribution in [0.1, 0.15) is 32.3 Å². The molecule has 70 valence electrons. The van der Waals surface area contributed by atoms with Crippen LogP contribution < -0.4 is 0 Å². The second kappa shape index (κ2) is 5.58. The molecule has 0 aliphatic heterocycles. The molecule has 13 heavy (non-hydrogen) atoms. The van der Waals surface area contributed by atoms with Crippen molar-refractivity contribution in [2.45, 2.75) is 33.1 Å². The van der Waals surface area contributed by atoms with Crippen LogP contribution in [-0.4, -0.2) is 0 Å². The van der Waals surface area contributed by atoms with Crippen LogP contribution in [0.5, 0.6) is 0 Å². The molecule has 0 heterocycles. The third-order valence-electron chi connectivity index (χ3n) is 2.22. The summed E-state index contributed by atoms with van der Waals surface area (Å²) in [5, 5.41) is 0. The predicted molar refractivity (Wildman–Crippen MR) is 58.8 cm³/mol. The van der Waals surface area contributed by atoms with Gasteiger partial charge in [0.15, 0.2) is 0 Å². The number of rotatable bonds is 4. The summed E-state index contributed by atoms with van der Waals surface area (Å²) < 4.78 is 0. The zero-order valence-corrected chi connectivity index (χ0v) is 8.59. The average Bonchev–Trinajstić information content (AvgIpc) is 2.19. The lowest BCUT2D eigenvalue weighted by molar-refractivity contribution is 0.978. The van der Waals surface area contributed by atoms with Crippen LogP contribution in [0, 0.1) is 0 Å². The van der Waals surface area contributed by atoms with Gasteiger partial charge in [-0.15, -0.1) is 0 Å². The normalized spacial score (nSPS) is 11.7. The molecule has 0 N–H and O–H groups in total. The molecule has 0 atom stereocenters. The number of hydrogen-bond acceptors (Lipinski definition) is 0. The summed E-state index contributed by atoms with van der Waals surface area (Å²) in [6.07, 6.45) is 5.77. The Bertz CT molecular complexity index is 257. The molecule has 1 aromatic carbocycles. The monoisotopic (exact) mass is 174 g/mol. The Labute approximate surface area is 81.3 Å². The minimum atomic E-state index is 1.12. The van der Waals surface area contributed by atoms with Crippen molar-refractivity contribution in [1.82, 2.24) is 0 Å². The lowest BCUT2D eigenvalue weighted by atomic mass is 10.0. The molecule has 0 heteroatoms. The van der Waals surface area contributed by atoms with E-state index in [9.17, 15) is 0 Å². The smallest absolute Gasteiger partial charge is 0.00672 e. The lowest BCUT2D eigenvalue weighted by Crippen LogP contribution is -1.88. The van der Waals surface area contributed by atoms with Crippen LogP contribution in [0.3, 0.4) is 0 Å². The standard InChI is InChI=1S/C13H18/c1-3-8-12(4-2)11-13-9-6-5-7-10-13/h5-10H,3-4,11H2,1-2H3. The summed E-state index contributed by atoms with van der Waals surface area (Å²) in [7, 11) is 0. The highest BCUT2D eigenvalue weighted by molar-refractivity contribution is 5.21. The average molecular weight is 174 g/mol. The first kappa shape index (κ1) is 10.0. The van der Waals surface area contributed by atoms with Gasteiger partial charge in [0.2, 0.25) is 0 Å². The van der Waals surface area contributed by atoms with Crippen molar-refractivity contribution in [3.05, 3.63) is 47.5 Å². The summed E-state index contributed by atoms with van der Waals surface area (Å²) in [5.41, 5.74) is 2.97. The van der Waals surface area contributed by atoms with Crippen LogP contribution in [0.15, 0.2) is 42.0 Å². The first-order chi connectivity index (χ1) is 6.36. The van der Waals surface area contributed by atoms with Gasteiger partial charge in [0.25, 0.3) is 0 Å². The Morgan fingerprint density at radius 2 is 1.85 bits per heavy atom. The maximum Gasteiger partial charge on any atom is -0.00672 e. The van der Waals surface area contributed by atoms with E-state index in [1.54, 1.807) is 5.57 Å². The van der Waals surface area contributed by atoms with E-state index in [1.165, 1.54) is 12.0 Å². The third-order valence-corrected chi connectivity index (χ3v) is 2.22. The topological polar surface area (TPSA) is 0 Å². The van der Waals surface area contributed by atoms with Gasteiger partial charge in [-0.05, 0) is 24.8 Å². The van der Waals surface area contributed by atoms with Crippen LogP contribution in [0.25, 0.3) is 0 Å². The van der Waals surface area contributed by atoms with Crippen molar-refractivity contribution in [2.75, 3.05) is 0 Å². The van der Waals surface area contributed by atoms with Crippen LogP contribution in [0.2, 0.25) is 0 Å². The zero-order chi connectivity index (χ0) is 9.52. The fourth-order valence-corrected chi connectivity index (χ4v) is 1.49. The van der Waals surface area contributed by atoms with Gasteiger partial charge in [0.1, 0.15) is 0 Å². The lowest BCUT2D eigenvalue weighted by Gasteiger charge is -2.03. The molecule has 0 radical (unpaired) electrons. The summed E-state index contributed by atoms with van der Waals surface area (Å²) in [6.45, 7) is 4.42. The minimum Gasteiger partial charge on any atom is -0.0853 e. The van der Waals surface area contributed by atoms with E-state index in [2.05, 4.69) is 50.3 Å². The van der Waals surface area contributed by atoms with Crippen LogP contribution in [0.4, 0.5) is 0 Å². The summed E-state index contributed by atoms with van der Waals surface area (Å²) in [6, 6.07) is 10.7. The molecule has 0 aliphatic carbocycles. The Morgan fingerprint density at radius 3 is 2.38 bits per heavy atom. The molecular formula is C13H18. The molecule has 1 rings (SSSR count). The molecule has 0 fully saturated rings. The van der Waals surface area contributed by atoms with Crippen LogP contribution >= 0.6 is 0 Å². The number of benzene rings is 1. The van der Waals surface area contributed by atoms with E-state index in [4.69, 9.17) is 0 Å². The first-order valence-electron chi connectivity index (χ1n) is 5.08. The molecule has 0 spiro atoms. The molecule has 0 amide bonds. The molecule has 0 aliphatic rings. The second-order valence-electron chi connectivity index (χ2n) is 3.29. The summed E-state index contributed by atoms with van der Waals surface area (Å²) >= 11 is 0. The maximum atomic E-state index is 2.34. The van der Waals surface area contributed by atoms with Gasteiger partial charge in [-0.3, -0.25) is 0 Å². The van der Waals surface area contributed by atoms with E-state index in [-0.39, 0.29) is 0 Å². The second-order valence-corrected chi connectivity index (χ2v) is 3.29. The van der Waals surface area contributed by atoms with Gasteiger partial charge in [-0.25, -0.2) is 0 Å². The predicted octanol–water partition coefficient (Wildman–Crippen LogP) is 3.98. The Morgan fingerprint density at radius 1 is 1.15 bits per heavy atom. The quantitative estimate of drug-likeness (QED) is 0.606. The van der Waals surface area contributed by atoms with Gasteiger partial charge in [-0.1, -0.05) is 55.8 Å². The SMILES string of the molecule is CCC=C(CC)Cc1ccccc1. The minimum absolute atomic E-state index is 1.12. The first-order valence-corrected chi connectivity index (χ1v) is 5.08. The van der Waals surface area contributed by atoms with Crippen LogP contribution in [-0.2, 0) is 6.42 Å². The number of allylic oxidation sites excluding steroid dienone is 2. The van der Waals surface area contributed by atoms with Gasteiger partial charge in [0, 0.05) is 0 Å². The highest BCUT2D eigenvalue weighted by Crippen LogP contribution is 2.11. The van der Waals surface area contributed by atoms with Gasteiger partial charge < -0.3 is 0 Å². The highest BCUT2D eigenvalue weighted by Gasteiger charge is 1.95. The fourth-order valence-electron chi connectivity index (χ4n) is 1.49. The summed E-state index contributed by atoms with van der Waals surface area (Å²) in [5.74, 6) is 0. The van der Waals surface area contributed by atoms with Crippen molar-refractivity contribution in [1.29, 1.82) is 0 Å². The Hall–Kier alpha value is -1.04. The van der Waals surface area contributed by atoms with E-state index in [1.807, 2.05) is 0 Å². The molecule has 0 saturated carbocycles. The van der Waals surface area contributed by atoms with E-state index >= 15 is 0 Å². The largest absolute Gasteiger partial charge is 0.0853 e. The van der Waals surface area contributed by atoms with Gasteiger partial charge >= 0.3 is 0 Å². The molecule has 0 unspecified atom stereocenters. The van der Waals surface area contributed by atoms with E-state index in [0.717, 1.165) is 12.8 Å². The maximum absolute atomic E-state index is 2.34. The van der Waals surface area contributed by atoms with Crippen molar-refractivity contribution in [2.24, 2.45) is 0 Å². The van der Waals surface area contributed by atoms with Gasteiger partial charge in [0.05, 0.1) is 0 Å². The van der Waals surface area contributed by atoms with Gasteiger partial charge in [-0.2, -0.15) is 0 Å².